The Bertz CT molecular complexity index is 468. The molecule has 1 unspecified atom stereocenters. The van der Waals surface area contributed by atoms with Gasteiger partial charge >= 0.3 is 12.3 Å². The van der Waals surface area contributed by atoms with E-state index in [0.717, 1.165) is 0 Å². The molecule has 0 aromatic carbocycles. The fourth-order valence-electron chi connectivity index (χ4n) is 1.13. The normalized spacial score (nSPS) is 12.9. The lowest BCUT2D eigenvalue weighted by Crippen LogP contribution is -2.32. The molecule has 19 heavy (non-hydrogen) atoms. The van der Waals surface area contributed by atoms with Crippen LogP contribution in [0.2, 0.25) is 5.02 Å². The molecule has 1 heterocycles. The fraction of sp³-hybridized carbons (Fsp3) is 0.400. The Morgan fingerprint density at radius 1 is 1.63 bits per heavy atom. The molecule has 0 saturated heterocycles. The lowest BCUT2D eigenvalue weighted by molar-refractivity contribution is -0.137. The lowest BCUT2D eigenvalue weighted by Gasteiger charge is -2.15. The molecular formula is C10H10ClF3N2O3. The zero-order valence-electron chi connectivity index (χ0n) is 9.66. The summed E-state index contributed by atoms with van der Waals surface area (Å²) in [7, 11) is 0. The zero-order valence-corrected chi connectivity index (χ0v) is 10.4. The molecule has 0 radical (unpaired) electrons. The summed E-state index contributed by atoms with van der Waals surface area (Å²) in [5.41, 5.74) is -0.985. The van der Waals surface area contributed by atoms with Crippen molar-refractivity contribution in [3.05, 3.63) is 22.8 Å². The van der Waals surface area contributed by atoms with Crippen LogP contribution in [0.3, 0.4) is 0 Å². The molecule has 0 fully saturated rings. The van der Waals surface area contributed by atoms with Gasteiger partial charge in [0.05, 0.1) is 12.1 Å². The largest absolute Gasteiger partial charge is 0.472 e. The van der Waals surface area contributed by atoms with Gasteiger partial charge in [-0.1, -0.05) is 11.6 Å². The Balaban J connectivity index is 2.72. The van der Waals surface area contributed by atoms with Gasteiger partial charge in [-0.2, -0.15) is 13.2 Å². The highest BCUT2D eigenvalue weighted by molar-refractivity contribution is 6.31. The SMILES string of the molecule is CC(CNC(=O)O)Oc1ncc(C(F)(F)F)cc1Cl. The summed E-state index contributed by atoms with van der Waals surface area (Å²) in [5.74, 6) is -0.186. The van der Waals surface area contributed by atoms with E-state index in [4.69, 9.17) is 21.4 Å². The molecule has 0 saturated carbocycles. The van der Waals surface area contributed by atoms with Crippen LogP contribution in [0, 0.1) is 0 Å². The Kier molecular flexibility index (Phi) is 4.82. The number of pyridine rings is 1. The van der Waals surface area contributed by atoms with E-state index in [1.165, 1.54) is 6.92 Å². The van der Waals surface area contributed by atoms with E-state index < -0.39 is 23.9 Å². The van der Waals surface area contributed by atoms with Crippen LogP contribution in [-0.2, 0) is 6.18 Å². The Morgan fingerprint density at radius 3 is 2.74 bits per heavy atom. The maximum atomic E-state index is 12.4. The topological polar surface area (TPSA) is 71.5 Å². The van der Waals surface area contributed by atoms with E-state index in [2.05, 4.69) is 10.3 Å². The van der Waals surface area contributed by atoms with Crippen molar-refractivity contribution in [2.24, 2.45) is 0 Å². The van der Waals surface area contributed by atoms with E-state index in [-0.39, 0.29) is 17.4 Å². The van der Waals surface area contributed by atoms with Gasteiger partial charge in [0.2, 0.25) is 5.88 Å². The van der Waals surface area contributed by atoms with Crippen LogP contribution in [0.5, 0.6) is 5.88 Å². The van der Waals surface area contributed by atoms with Crippen LogP contribution >= 0.6 is 11.6 Å². The number of hydrogen-bond donors (Lipinski definition) is 2. The molecule has 0 aliphatic heterocycles. The van der Waals surface area contributed by atoms with E-state index in [1.807, 2.05) is 0 Å². The molecule has 106 valence electrons. The Morgan fingerprint density at radius 2 is 2.26 bits per heavy atom. The van der Waals surface area contributed by atoms with Crippen LogP contribution < -0.4 is 10.1 Å². The molecule has 1 aromatic heterocycles. The quantitative estimate of drug-likeness (QED) is 0.896. The van der Waals surface area contributed by atoms with Crippen LogP contribution in [0.1, 0.15) is 12.5 Å². The summed E-state index contributed by atoms with van der Waals surface area (Å²) in [6, 6.07) is 0.696. The van der Waals surface area contributed by atoms with Gasteiger partial charge in [-0.15, -0.1) is 0 Å². The number of rotatable bonds is 4. The second-order valence-electron chi connectivity index (χ2n) is 3.62. The molecule has 9 heteroatoms. The van der Waals surface area contributed by atoms with Gasteiger partial charge in [0.15, 0.2) is 0 Å². The van der Waals surface area contributed by atoms with E-state index in [9.17, 15) is 18.0 Å². The average molecular weight is 299 g/mol. The first-order valence-corrected chi connectivity index (χ1v) is 5.44. The molecule has 0 aliphatic carbocycles. The van der Waals surface area contributed by atoms with E-state index in [1.54, 1.807) is 0 Å². The van der Waals surface area contributed by atoms with Crippen molar-refractivity contribution in [3.8, 4) is 5.88 Å². The lowest BCUT2D eigenvalue weighted by atomic mass is 10.3. The van der Waals surface area contributed by atoms with Crippen LogP contribution in [0.4, 0.5) is 18.0 Å². The van der Waals surface area contributed by atoms with Gasteiger partial charge < -0.3 is 15.2 Å². The van der Waals surface area contributed by atoms with Crippen LogP contribution in [0.15, 0.2) is 12.3 Å². The fourth-order valence-corrected chi connectivity index (χ4v) is 1.34. The number of amides is 1. The number of carboxylic acid groups (broad SMARTS) is 1. The summed E-state index contributed by atoms with van der Waals surface area (Å²) >= 11 is 5.62. The number of nitrogens with zero attached hydrogens (tertiary/aromatic N) is 1. The molecule has 0 spiro atoms. The number of hydrogen-bond acceptors (Lipinski definition) is 3. The van der Waals surface area contributed by atoms with Crippen LogP contribution in [0.25, 0.3) is 0 Å². The molecule has 5 nitrogen and oxygen atoms in total. The van der Waals surface area contributed by atoms with Gasteiger partial charge in [-0.25, -0.2) is 9.78 Å². The van der Waals surface area contributed by atoms with E-state index in [0.29, 0.717) is 12.3 Å². The highest BCUT2D eigenvalue weighted by atomic mass is 35.5. The monoisotopic (exact) mass is 298 g/mol. The maximum absolute atomic E-state index is 12.4. The van der Waals surface area contributed by atoms with Crippen molar-refractivity contribution >= 4 is 17.7 Å². The highest BCUT2D eigenvalue weighted by Gasteiger charge is 2.31. The summed E-state index contributed by atoms with van der Waals surface area (Å²) in [5, 5.41) is 10.1. The number of carbonyl (C=O) groups is 1. The van der Waals surface area contributed by atoms with Crippen molar-refractivity contribution in [3.63, 3.8) is 0 Å². The van der Waals surface area contributed by atoms with E-state index >= 15 is 0 Å². The maximum Gasteiger partial charge on any atom is 0.417 e. The predicted octanol–water partition coefficient (Wildman–Crippen LogP) is 2.79. The third-order valence-corrected chi connectivity index (χ3v) is 2.26. The van der Waals surface area contributed by atoms with Crippen molar-refractivity contribution in [1.29, 1.82) is 0 Å². The summed E-state index contributed by atoms with van der Waals surface area (Å²) in [4.78, 5) is 13.7. The van der Waals surface area contributed by atoms with Gasteiger partial charge in [0.1, 0.15) is 11.1 Å². The second-order valence-corrected chi connectivity index (χ2v) is 4.03. The summed E-state index contributed by atoms with van der Waals surface area (Å²) < 4.78 is 42.2. The number of aromatic nitrogens is 1. The third kappa shape index (κ3) is 4.82. The number of nitrogens with one attached hydrogen (secondary N) is 1. The number of alkyl halides is 3. The van der Waals surface area contributed by atoms with Crippen molar-refractivity contribution in [2.45, 2.75) is 19.2 Å². The van der Waals surface area contributed by atoms with Crippen LogP contribution in [-0.4, -0.2) is 28.8 Å². The molecule has 1 atom stereocenters. The zero-order chi connectivity index (χ0) is 14.6. The van der Waals surface area contributed by atoms with Crippen molar-refractivity contribution < 1.29 is 27.8 Å². The molecule has 1 rings (SSSR count). The molecule has 0 bridgehead atoms. The first-order chi connectivity index (χ1) is 8.70. The Hall–Kier alpha value is -1.70. The van der Waals surface area contributed by atoms with Gasteiger partial charge in [-0.3, -0.25) is 0 Å². The second kappa shape index (κ2) is 5.96. The number of halogens is 4. The predicted molar refractivity (Wildman–Crippen MR) is 60.4 cm³/mol. The molecular weight excluding hydrogens is 289 g/mol. The molecule has 2 N–H and O–H groups in total. The van der Waals surface area contributed by atoms with Crippen molar-refractivity contribution in [1.82, 2.24) is 10.3 Å². The minimum atomic E-state index is -4.54. The molecule has 0 aliphatic rings. The van der Waals surface area contributed by atoms with Gasteiger partial charge in [0, 0.05) is 6.20 Å². The standard InChI is InChI=1S/C10H10ClF3N2O3/c1-5(3-16-9(17)18)19-8-7(11)2-6(4-15-8)10(12,13)14/h2,4-5,16H,3H2,1H3,(H,17,18). The Labute approximate surface area is 111 Å². The molecule has 1 amide bonds. The third-order valence-electron chi connectivity index (χ3n) is 1.99. The average Bonchev–Trinajstić information content (AvgIpc) is 2.27. The first kappa shape index (κ1) is 15.4. The molecule has 1 aromatic rings. The van der Waals surface area contributed by atoms with Gasteiger partial charge in [-0.05, 0) is 13.0 Å². The van der Waals surface area contributed by atoms with Crippen molar-refractivity contribution in [2.75, 3.05) is 6.54 Å². The summed E-state index contributed by atoms with van der Waals surface area (Å²) in [6.07, 6.45) is -5.80. The summed E-state index contributed by atoms with van der Waals surface area (Å²) in [6.45, 7) is 1.47. The van der Waals surface area contributed by atoms with Gasteiger partial charge in [0.25, 0.3) is 0 Å². The smallest absolute Gasteiger partial charge is 0.417 e. The minimum absolute atomic E-state index is 0.0473. The first-order valence-electron chi connectivity index (χ1n) is 5.06. The number of ether oxygens (including phenoxy) is 1. The highest BCUT2D eigenvalue weighted by Crippen LogP contribution is 2.33. The minimum Gasteiger partial charge on any atom is -0.472 e.